The van der Waals surface area contributed by atoms with E-state index < -0.39 is 6.03 Å². The van der Waals surface area contributed by atoms with Gasteiger partial charge in [-0.3, -0.25) is 0 Å². The van der Waals surface area contributed by atoms with Crippen molar-refractivity contribution in [3.05, 3.63) is 59.7 Å². The molecular weight excluding hydrogens is 350 g/mol. The first-order valence-corrected chi connectivity index (χ1v) is 10.1. The fourth-order valence-corrected chi connectivity index (χ4v) is 2.46. The monoisotopic (exact) mass is 385 g/mol. The van der Waals surface area contributed by atoms with Gasteiger partial charge in [-0.2, -0.15) is 0 Å². The third kappa shape index (κ3) is 9.97. The van der Waals surface area contributed by atoms with Gasteiger partial charge in [0.1, 0.15) is 12.4 Å². The van der Waals surface area contributed by atoms with Gasteiger partial charge in [0, 0.05) is 6.04 Å². The number of nitrogens with two attached hydrogens (primary N) is 1. The van der Waals surface area contributed by atoms with E-state index in [0.717, 1.165) is 17.5 Å². The van der Waals surface area contributed by atoms with Crippen molar-refractivity contribution in [2.75, 3.05) is 11.9 Å². The van der Waals surface area contributed by atoms with Gasteiger partial charge in [-0.05, 0) is 42.6 Å². The minimum Gasteiger partial charge on any atom is -0.487 e. The van der Waals surface area contributed by atoms with Crippen molar-refractivity contribution in [3.63, 3.8) is 0 Å². The van der Waals surface area contributed by atoms with E-state index in [1.54, 1.807) is 0 Å². The van der Waals surface area contributed by atoms with Crippen molar-refractivity contribution in [2.45, 2.75) is 59.6 Å². The molecule has 0 heterocycles. The summed E-state index contributed by atoms with van der Waals surface area (Å²) in [7, 11) is 0. The SMILES string of the molecule is CCCCNC(C)C.CCc1ccc(OCc2ccccc2)c(NC(N)=O)c1. The van der Waals surface area contributed by atoms with E-state index in [-0.39, 0.29) is 0 Å². The molecule has 0 aliphatic carbocycles. The molecule has 0 saturated carbocycles. The summed E-state index contributed by atoms with van der Waals surface area (Å²) in [4.78, 5) is 11.1. The summed E-state index contributed by atoms with van der Waals surface area (Å²) in [6, 6.07) is 15.6. The number of rotatable bonds is 9. The molecule has 2 aromatic carbocycles. The molecule has 2 aromatic rings. The van der Waals surface area contributed by atoms with Crippen LogP contribution in [0, 0.1) is 0 Å². The molecule has 0 atom stereocenters. The van der Waals surface area contributed by atoms with Gasteiger partial charge in [-0.25, -0.2) is 4.79 Å². The van der Waals surface area contributed by atoms with Crippen LogP contribution in [0.25, 0.3) is 0 Å². The number of amides is 2. The summed E-state index contributed by atoms with van der Waals surface area (Å²) in [5.41, 5.74) is 7.97. The summed E-state index contributed by atoms with van der Waals surface area (Å²) in [6.45, 7) is 10.2. The van der Waals surface area contributed by atoms with Crippen molar-refractivity contribution in [1.29, 1.82) is 0 Å². The Hall–Kier alpha value is -2.53. The highest BCUT2D eigenvalue weighted by atomic mass is 16.5. The van der Waals surface area contributed by atoms with E-state index in [1.807, 2.05) is 55.5 Å². The largest absolute Gasteiger partial charge is 0.487 e. The van der Waals surface area contributed by atoms with Gasteiger partial charge in [-0.15, -0.1) is 0 Å². The Kier molecular flexibility index (Phi) is 11.4. The third-order valence-electron chi connectivity index (χ3n) is 4.03. The molecule has 0 bridgehead atoms. The van der Waals surface area contributed by atoms with E-state index >= 15 is 0 Å². The van der Waals surface area contributed by atoms with Gasteiger partial charge in [-0.1, -0.05) is 70.5 Å². The van der Waals surface area contributed by atoms with E-state index in [4.69, 9.17) is 10.5 Å². The molecule has 0 aliphatic rings. The lowest BCUT2D eigenvalue weighted by atomic mass is 10.1. The van der Waals surface area contributed by atoms with E-state index in [0.29, 0.717) is 24.1 Å². The molecule has 2 rings (SSSR count). The van der Waals surface area contributed by atoms with Crippen molar-refractivity contribution in [1.82, 2.24) is 5.32 Å². The third-order valence-corrected chi connectivity index (χ3v) is 4.03. The lowest BCUT2D eigenvalue weighted by Crippen LogP contribution is -2.23. The molecule has 0 saturated heterocycles. The number of aryl methyl sites for hydroxylation is 1. The summed E-state index contributed by atoms with van der Waals surface area (Å²) in [5.74, 6) is 0.616. The van der Waals surface area contributed by atoms with Crippen LogP contribution in [0.3, 0.4) is 0 Å². The number of urea groups is 1. The number of unbranched alkanes of at least 4 members (excludes halogenated alkanes) is 1. The fourth-order valence-electron chi connectivity index (χ4n) is 2.46. The highest BCUT2D eigenvalue weighted by Crippen LogP contribution is 2.27. The van der Waals surface area contributed by atoms with E-state index in [1.165, 1.54) is 19.4 Å². The summed E-state index contributed by atoms with van der Waals surface area (Å²) in [6.07, 6.45) is 3.48. The first-order chi connectivity index (χ1) is 13.5. The van der Waals surface area contributed by atoms with E-state index in [9.17, 15) is 4.79 Å². The maximum Gasteiger partial charge on any atom is 0.316 e. The zero-order chi connectivity index (χ0) is 20.8. The summed E-state index contributed by atoms with van der Waals surface area (Å²) < 4.78 is 5.75. The van der Waals surface area contributed by atoms with Crippen LogP contribution in [0.15, 0.2) is 48.5 Å². The van der Waals surface area contributed by atoms with Crippen molar-refractivity contribution in [3.8, 4) is 5.75 Å². The molecule has 154 valence electrons. The van der Waals surface area contributed by atoms with Gasteiger partial charge >= 0.3 is 6.03 Å². The maximum absolute atomic E-state index is 11.1. The van der Waals surface area contributed by atoms with Crippen LogP contribution in [0.4, 0.5) is 10.5 Å². The average molecular weight is 386 g/mol. The second-order valence-corrected chi connectivity index (χ2v) is 6.91. The Balaban J connectivity index is 0.000000416. The Labute approximate surface area is 169 Å². The number of hydrogen-bond acceptors (Lipinski definition) is 3. The van der Waals surface area contributed by atoms with Crippen LogP contribution >= 0.6 is 0 Å². The molecule has 0 spiro atoms. The normalized spacial score (nSPS) is 10.2. The number of carbonyl (C=O) groups is 1. The Morgan fingerprint density at radius 3 is 2.36 bits per heavy atom. The van der Waals surface area contributed by atoms with Crippen LogP contribution in [0.2, 0.25) is 0 Å². The average Bonchev–Trinajstić information content (AvgIpc) is 2.68. The lowest BCUT2D eigenvalue weighted by Gasteiger charge is -2.13. The second kappa shape index (κ2) is 13.6. The Morgan fingerprint density at radius 1 is 1.07 bits per heavy atom. The number of carbonyl (C=O) groups excluding carboxylic acids is 1. The molecule has 5 nitrogen and oxygen atoms in total. The standard InChI is InChI=1S/C16H18N2O2.C7H17N/c1-2-12-8-9-15(14(10-12)18-16(17)19)20-11-13-6-4-3-5-7-13;1-4-5-6-8-7(2)3/h3-10H,2,11H2,1H3,(H3,17,18,19);7-8H,4-6H2,1-3H3. The smallest absolute Gasteiger partial charge is 0.316 e. The fraction of sp³-hybridized carbons (Fsp3) is 0.435. The Morgan fingerprint density at radius 2 is 1.79 bits per heavy atom. The molecule has 0 radical (unpaired) electrons. The summed E-state index contributed by atoms with van der Waals surface area (Å²) in [5, 5.41) is 5.94. The molecule has 0 aliphatic heterocycles. The van der Waals surface area contributed by atoms with Crippen molar-refractivity contribution < 1.29 is 9.53 Å². The van der Waals surface area contributed by atoms with Crippen LogP contribution in [-0.4, -0.2) is 18.6 Å². The number of anilines is 1. The van der Waals surface area contributed by atoms with Gasteiger partial charge in [0.2, 0.25) is 0 Å². The van der Waals surface area contributed by atoms with Crippen molar-refractivity contribution in [2.24, 2.45) is 5.73 Å². The van der Waals surface area contributed by atoms with Crippen LogP contribution in [0.5, 0.6) is 5.75 Å². The number of benzene rings is 2. The highest BCUT2D eigenvalue weighted by molar-refractivity contribution is 5.89. The molecule has 5 heteroatoms. The van der Waals surface area contributed by atoms with Gasteiger partial charge in [0.15, 0.2) is 0 Å². The van der Waals surface area contributed by atoms with E-state index in [2.05, 4.69) is 31.4 Å². The van der Waals surface area contributed by atoms with Crippen molar-refractivity contribution >= 4 is 11.7 Å². The molecule has 0 aromatic heterocycles. The predicted molar refractivity (Wildman–Crippen MR) is 118 cm³/mol. The summed E-state index contributed by atoms with van der Waals surface area (Å²) >= 11 is 0. The minimum atomic E-state index is -0.595. The number of nitrogens with one attached hydrogen (secondary N) is 2. The first kappa shape index (κ1) is 23.5. The van der Waals surface area contributed by atoms with Gasteiger partial charge in [0.05, 0.1) is 5.69 Å². The first-order valence-electron chi connectivity index (χ1n) is 10.1. The molecule has 28 heavy (non-hydrogen) atoms. The number of primary amides is 1. The molecule has 2 amide bonds. The highest BCUT2D eigenvalue weighted by Gasteiger charge is 2.07. The quantitative estimate of drug-likeness (QED) is 0.525. The molecule has 4 N–H and O–H groups in total. The van der Waals surface area contributed by atoms with Crippen LogP contribution in [-0.2, 0) is 13.0 Å². The zero-order valence-electron chi connectivity index (χ0n) is 17.6. The minimum absolute atomic E-state index is 0.444. The molecule has 0 fully saturated rings. The topological polar surface area (TPSA) is 76.4 Å². The van der Waals surface area contributed by atoms with Crippen LogP contribution in [0.1, 0.15) is 51.7 Å². The second-order valence-electron chi connectivity index (χ2n) is 6.91. The zero-order valence-corrected chi connectivity index (χ0v) is 17.6. The van der Waals surface area contributed by atoms with Crippen LogP contribution < -0.4 is 21.1 Å². The molecule has 0 unspecified atom stereocenters. The number of ether oxygens (including phenoxy) is 1. The lowest BCUT2D eigenvalue weighted by molar-refractivity contribution is 0.259. The molecular formula is C23H35N3O2. The Bertz CT molecular complexity index is 688. The maximum atomic E-state index is 11.1. The number of hydrogen-bond donors (Lipinski definition) is 3. The van der Waals surface area contributed by atoms with Gasteiger partial charge in [0.25, 0.3) is 0 Å². The van der Waals surface area contributed by atoms with Gasteiger partial charge < -0.3 is 21.1 Å². The predicted octanol–water partition coefficient (Wildman–Crippen LogP) is 5.10.